The van der Waals surface area contributed by atoms with E-state index >= 15 is 0 Å². The molecule has 2 heterocycles. The molecule has 136 valence electrons. The molecule has 0 saturated carbocycles. The predicted molar refractivity (Wildman–Crippen MR) is 93.4 cm³/mol. The Morgan fingerprint density at radius 3 is 2.68 bits per heavy atom. The number of carbonyl (C=O) groups excluding carboxylic acids is 2. The van der Waals surface area contributed by atoms with Crippen LogP contribution in [-0.2, 0) is 20.7 Å². The van der Waals surface area contributed by atoms with Crippen molar-refractivity contribution >= 4 is 11.8 Å². The van der Waals surface area contributed by atoms with Crippen molar-refractivity contribution in [1.82, 2.24) is 10.2 Å². The molecule has 6 heteroatoms. The van der Waals surface area contributed by atoms with Crippen molar-refractivity contribution in [2.45, 2.75) is 44.2 Å². The first-order valence-electron chi connectivity index (χ1n) is 8.99. The smallest absolute Gasteiger partial charge is 0.249 e. The number of nitrogens with zero attached hydrogens (tertiary/aromatic N) is 1. The van der Waals surface area contributed by atoms with Gasteiger partial charge in [-0.3, -0.25) is 9.59 Å². The Kier molecular flexibility index (Phi) is 5.91. The second kappa shape index (κ2) is 8.34. The first-order chi connectivity index (χ1) is 12.2. The van der Waals surface area contributed by atoms with Crippen LogP contribution in [0.25, 0.3) is 0 Å². The molecular formula is C19H26N2O4. The van der Waals surface area contributed by atoms with Crippen LogP contribution in [0.4, 0.5) is 0 Å². The molecule has 3 rings (SSSR count). The van der Waals surface area contributed by atoms with Gasteiger partial charge in [0.15, 0.2) is 0 Å². The lowest BCUT2D eigenvalue weighted by atomic mass is 10.0. The van der Waals surface area contributed by atoms with Gasteiger partial charge >= 0.3 is 0 Å². The molecule has 1 unspecified atom stereocenters. The van der Waals surface area contributed by atoms with Gasteiger partial charge in [-0.25, -0.2) is 0 Å². The topological polar surface area (TPSA) is 67.9 Å². The maximum atomic E-state index is 12.5. The summed E-state index contributed by atoms with van der Waals surface area (Å²) in [4.78, 5) is 26.5. The highest BCUT2D eigenvalue weighted by Gasteiger charge is 2.28. The summed E-state index contributed by atoms with van der Waals surface area (Å²) in [5, 5.41) is 3.07. The minimum Gasteiger partial charge on any atom is -0.496 e. The van der Waals surface area contributed by atoms with Gasteiger partial charge in [-0.2, -0.15) is 0 Å². The standard InChI is InChI=1S/C19H26N2O4/c1-24-16-6-3-2-5-14(16)13-18(22)21-10-8-15(9-11-21)20-19(23)17-7-4-12-25-17/h2-3,5-6,15,17H,4,7-13H2,1H3,(H,20,23). The third-order valence-corrected chi connectivity index (χ3v) is 4.95. The quantitative estimate of drug-likeness (QED) is 0.878. The van der Waals surface area contributed by atoms with Gasteiger partial charge in [0, 0.05) is 31.3 Å². The number of piperidine rings is 1. The number of methoxy groups -OCH3 is 1. The van der Waals surface area contributed by atoms with Crippen LogP contribution in [0.5, 0.6) is 5.75 Å². The summed E-state index contributed by atoms with van der Waals surface area (Å²) < 4.78 is 10.7. The summed E-state index contributed by atoms with van der Waals surface area (Å²) in [5.41, 5.74) is 0.906. The Bertz CT molecular complexity index is 605. The third kappa shape index (κ3) is 4.51. The van der Waals surface area contributed by atoms with Crippen molar-refractivity contribution in [3.05, 3.63) is 29.8 Å². The number of hydrogen-bond donors (Lipinski definition) is 1. The fourth-order valence-electron chi connectivity index (χ4n) is 3.48. The zero-order chi connectivity index (χ0) is 17.6. The lowest BCUT2D eigenvalue weighted by Gasteiger charge is -2.33. The molecule has 0 radical (unpaired) electrons. The molecule has 1 N–H and O–H groups in total. The first-order valence-corrected chi connectivity index (χ1v) is 8.99. The number of amides is 2. The lowest BCUT2D eigenvalue weighted by Crippen LogP contribution is -2.49. The van der Waals surface area contributed by atoms with E-state index in [9.17, 15) is 9.59 Å². The minimum atomic E-state index is -0.287. The summed E-state index contributed by atoms with van der Waals surface area (Å²) >= 11 is 0. The fraction of sp³-hybridized carbons (Fsp3) is 0.579. The van der Waals surface area contributed by atoms with Crippen molar-refractivity contribution in [1.29, 1.82) is 0 Å². The van der Waals surface area contributed by atoms with E-state index in [0.717, 1.165) is 37.0 Å². The van der Waals surface area contributed by atoms with Crippen LogP contribution in [0.3, 0.4) is 0 Å². The Morgan fingerprint density at radius 2 is 2.00 bits per heavy atom. The normalized spacial score (nSPS) is 21.2. The molecule has 2 aliphatic rings. The highest BCUT2D eigenvalue weighted by molar-refractivity contribution is 5.81. The molecule has 1 aromatic rings. The summed E-state index contributed by atoms with van der Waals surface area (Å²) in [5.74, 6) is 0.847. The Labute approximate surface area is 148 Å². The number of likely N-dealkylation sites (tertiary alicyclic amines) is 1. The Morgan fingerprint density at radius 1 is 1.24 bits per heavy atom. The van der Waals surface area contributed by atoms with E-state index in [4.69, 9.17) is 9.47 Å². The van der Waals surface area contributed by atoms with Crippen LogP contribution in [0.15, 0.2) is 24.3 Å². The molecule has 2 saturated heterocycles. The van der Waals surface area contributed by atoms with Crippen LogP contribution < -0.4 is 10.1 Å². The summed E-state index contributed by atoms with van der Waals surface area (Å²) in [6.07, 6.45) is 3.39. The van der Waals surface area contributed by atoms with Crippen LogP contribution in [0.2, 0.25) is 0 Å². The molecule has 2 fully saturated rings. The second-order valence-electron chi connectivity index (χ2n) is 6.65. The largest absolute Gasteiger partial charge is 0.496 e. The average Bonchev–Trinajstić information content (AvgIpc) is 3.17. The molecule has 25 heavy (non-hydrogen) atoms. The maximum Gasteiger partial charge on any atom is 0.249 e. The fourth-order valence-corrected chi connectivity index (χ4v) is 3.48. The van der Waals surface area contributed by atoms with Gasteiger partial charge in [0.25, 0.3) is 0 Å². The number of nitrogens with one attached hydrogen (secondary N) is 1. The Balaban J connectivity index is 1.46. The molecule has 1 aromatic carbocycles. The third-order valence-electron chi connectivity index (χ3n) is 4.95. The molecule has 2 aliphatic heterocycles. The summed E-state index contributed by atoms with van der Waals surface area (Å²) in [7, 11) is 1.62. The van der Waals surface area contributed by atoms with Crippen molar-refractivity contribution in [3.8, 4) is 5.75 Å². The second-order valence-corrected chi connectivity index (χ2v) is 6.65. The van der Waals surface area contributed by atoms with E-state index in [1.807, 2.05) is 29.2 Å². The van der Waals surface area contributed by atoms with E-state index in [1.165, 1.54) is 0 Å². The monoisotopic (exact) mass is 346 g/mol. The van der Waals surface area contributed by atoms with Crippen molar-refractivity contribution in [3.63, 3.8) is 0 Å². The van der Waals surface area contributed by atoms with E-state index in [2.05, 4.69) is 5.32 Å². The number of ether oxygens (including phenoxy) is 2. The van der Waals surface area contributed by atoms with Crippen molar-refractivity contribution in [2.24, 2.45) is 0 Å². The van der Waals surface area contributed by atoms with Crippen LogP contribution in [0.1, 0.15) is 31.2 Å². The zero-order valence-corrected chi connectivity index (χ0v) is 14.7. The Hall–Kier alpha value is -2.08. The van der Waals surface area contributed by atoms with Gasteiger partial charge in [0.05, 0.1) is 13.5 Å². The van der Waals surface area contributed by atoms with Gasteiger partial charge in [-0.05, 0) is 31.7 Å². The van der Waals surface area contributed by atoms with Gasteiger partial charge in [0.2, 0.25) is 11.8 Å². The molecular weight excluding hydrogens is 320 g/mol. The van der Waals surface area contributed by atoms with Gasteiger partial charge in [-0.15, -0.1) is 0 Å². The zero-order valence-electron chi connectivity index (χ0n) is 14.7. The molecule has 6 nitrogen and oxygen atoms in total. The predicted octanol–water partition coefficient (Wildman–Crippen LogP) is 1.52. The van der Waals surface area contributed by atoms with Crippen LogP contribution >= 0.6 is 0 Å². The summed E-state index contributed by atoms with van der Waals surface area (Å²) in [6, 6.07) is 7.74. The average molecular weight is 346 g/mol. The van der Waals surface area contributed by atoms with Gasteiger partial charge in [-0.1, -0.05) is 18.2 Å². The van der Waals surface area contributed by atoms with Crippen molar-refractivity contribution in [2.75, 3.05) is 26.8 Å². The molecule has 1 atom stereocenters. The first kappa shape index (κ1) is 17.7. The number of benzene rings is 1. The van der Waals surface area contributed by atoms with E-state index < -0.39 is 0 Å². The van der Waals surface area contributed by atoms with Crippen LogP contribution in [-0.4, -0.2) is 55.7 Å². The lowest BCUT2D eigenvalue weighted by molar-refractivity contribution is -0.132. The molecule has 0 bridgehead atoms. The summed E-state index contributed by atoms with van der Waals surface area (Å²) in [6.45, 7) is 2.02. The molecule has 0 aliphatic carbocycles. The highest BCUT2D eigenvalue weighted by atomic mass is 16.5. The minimum absolute atomic E-state index is 0.00343. The van der Waals surface area contributed by atoms with Crippen LogP contribution in [0, 0.1) is 0 Å². The van der Waals surface area contributed by atoms with E-state index in [0.29, 0.717) is 26.1 Å². The maximum absolute atomic E-state index is 12.5. The van der Waals surface area contributed by atoms with E-state index in [1.54, 1.807) is 7.11 Å². The number of carbonyl (C=O) groups is 2. The van der Waals surface area contributed by atoms with Gasteiger partial charge < -0.3 is 19.7 Å². The molecule has 2 amide bonds. The van der Waals surface area contributed by atoms with Gasteiger partial charge in [0.1, 0.15) is 11.9 Å². The number of hydrogen-bond acceptors (Lipinski definition) is 4. The molecule has 0 aromatic heterocycles. The van der Waals surface area contributed by atoms with Crippen molar-refractivity contribution < 1.29 is 19.1 Å². The SMILES string of the molecule is COc1ccccc1CC(=O)N1CCC(NC(=O)C2CCCO2)CC1. The van der Waals surface area contributed by atoms with E-state index in [-0.39, 0.29) is 24.0 Å². The molecule has 0 spiro atoms. The number of rotatable bonds is 5. The number of para-hydroxylation sites is 1. The highest BCUT2D eigenvalue weighted by Crippen LogP contribution is 2.20.